The Hall–Kier alpha value is 0.640. The lowest BCUT2D eigenvalue weighted by atomic mass is 10.1. The quantitative estimate of drug-likeness (QED) is 0.0715. The highest BCUT2D eigenvalue weighted by Crippen LogP contribution is 2.32. The lowest BCUT2D eigenvalue weighted by Crippen LogP contribution is -2.00. The Morgan fingerprint density at radius 2 is 1.91 bits per heavy atom. The van der Waals surface area contributed by atoms with E-state index in [1.54, 1.807) is 10.8 Å². The molecule has 0 rings (SSSR count). The number of thiol groups is 2. The number of aliphatic imine (C=N–C) groups is 1. The summed E-state index contributed by atoms with van der Waals surface area (Å²) in [4.78, 5) is 3.99. The van der Waals surface area contributed by atoms with Crippen LogP contribution in [-0.4, -0.2) is 28.1 Å². The molecule has 0 aromatic carbocycles. The molecule has 6 heteroatoms. The van der Waals surface area contributed by atoms with Gasteiger partial charge in [-0.1, -0.05) is 42.0 Å². The van der Waals surface area contributed by atoms with Crippen LogP contribution < -0.4 is 0 Å². The number of hydrogen-bond acceptors (Lipinski definition) is 6. The summed E-state index contributed by atoms with van der Waals surface area (Å²) in [6, 6.07) is 0. The monoisotopic (exact) mass is 409 g/mol. The number of hydrogen-bond donors (Lipinski definition) is 2. The van der Waals surface area contributed by atoms with E-state index in [2.05, 4.69) is 57.4 Å². The molecule has 0 radical (unpaired) electrons. The molecule has 0 spiro atoms. The fourth-order valence-electron chi connectivity index (χ4n) is 1.32. The largest absolute Gasteiger partial charge is 0.257 e. The second-order valence-electron chi connectivity index (χ2n) is 4.59. The summed E-state index contributed by atoms with van der Waals surface area (Å²) in [5, 5.41) is 1.56. The van der Waals surface area contributed by atoms with Crippen LogP contribution in [-0.2, 0) is 0 Å². The molecule has 0 N–H and O–H groups in total. The normalized spacial score (nSPS) is 12.9. The number of nitrogens with zero attached hydrogens (tertiary/aromatic N) is 1. The summed E-state index contributed by atoms with van der Waals surface area (Å²) in [7, 11) is 3.53. The standard InChI is InChI=1S/C15H25NS3.C2H6S2/c1-6-8-11-15(16-5)19-18-12-9-10-13(3)14(4)17-7-2;1-2(3)4/h6,8,11,14H,3,5,7,9-10,12H2,1-2,4H3;2-4H,1H3/b8-6-,15-11+;. The smallest absolute Gasteiger partial charge is 0.106 e. The van der Waals surface area contributed by atoms with Crippen LogP contribution in [0.1, 0.15) is 40.5 Å². The molecular weight excluding hydrogens is 379 g/mol. The Kier molecular flexibility index (Phi) is 21.3. The third kappa shape index (κ3) is 20.6. The van der Waals surface area contributed by atoms with Gasteiger partial charge in [0.25, 0.3) is 0 Å². The zero-order valence-corrected chi connectivity index (χ0v) is 18.9. The average Bonchev–Trinajstić information content (AvgIpc) is 2.49. The molecule has 0 heterocycles. The maximum absolute atomic E-state index is 4.18. The molecule has 0 fully saturated rings. The van der Waals surface area contributed by atoms with Crippen molar-refractivity contribution in [3.05, 3.63) is 35.4 Å². The van der Waals surface area contributed by atoms with Crippen LogP contribution in [0.25, 0.3) is 0 Å². The van der Waals surface area contributed by atoms with E-state index < -0.39 is 0 Å². The second kappa shape index (κ2) is 19.0. The molecule has 0 aromatic rings. The number of thioether (sulfide) groups is 1. The molecule has 1 nitrogen and oxygen atoms in total. The van der Waals surface area contributed by atoms with Crippen molar-refractivity contribution in [2.24, 2.45) is 4.99 Å². The van der Waals surface area contributed by atoms with Gasteiger partial charge in [-0.3, -0.25) is 4.99 Å². The summed E-state index contributed by atoms with van der Waals surface area (Å²) < 4.78 is 0.222. The van der Waals surface area contributed by atoms with E-state index in [0.29, 0.717) is 5.25 Å². The van der Waals surface area contributed by atoms with Gasteiger partial charge in [0.15, 0.2) is 0 Å². The summed E-state index contributed by atoms with van der Waals surface area (Å²) in [6.45, 7) is 16.1. The van der Waals surface area contributed by atoms with E-state index in [-0.39, 0.29) is 4.58 Å². The van der Waals surface area contributed by atoms with E-state index in [9.17, 15) is 0 Å². The molecule has 0 aliphatic rings. The van der Waals surface area contributed by atoms with Crippen molar-refractivity contribution in [2.75, 3.05) is 11.5 Å². The van der Waals surface area contributed by atoms with Gasteiger partial charge >= 0.3 is 0 Å². The maximum atomic E-state index is 4.18. The maximum Gasteiger partial charge on any atom is 0.106 e. The highest BCUT2D eigenvalue weighted by atomic mass is 33.1. The van der Waals surface area contributed by atoms with Crippen LogP contribution >= 0.6 is 58.6 Å². The van der Waals surface area contributed by atoms with Crippen LogP contribution in [0.2, 0.25) is 0 Å². The van der Waals surface area contributed by atoms with Gasteiger partial charge in [0.05, 0.1) is 0 Å². The van der Waals surface area contributed by atoms with Gasteiger partial charge in [0.2, 0.25) is 0 Å². The van der Waals surface area contributed by atoms with Crippen molar-refractivity contribution in [3.8, 4) is 0 Å². The summed E-state index contributed by atoms with van der Waals surface area (Å²) in [6.07, 6.45) is 8.27. The minimum Gasteiger partial charge on any atom is -0.257 e. The van der Waals surface area contributed by atoms with Gasteiger partial charge in [0, 0.05) is 15.6 Å². The second-order valence-corrected chi connectivity index (χ2v) is 10.6. The molecule has 1 unspecified atom stereocenters. The average molecular weight is 410 g/mol. The molecule has 0 saturated carbocycles. The van der Waals surface area contributed by atoms with E-state index in [1.807, 2.05) is 54.6 Å². The Balaban J connectivity index is 0. The van der Waals surface area contributed by atoms with E-state index in [1.165, 1.54) is 12.0 Å². The molecule has 0 aromatic heterocycles. The van der Waals surface area contributed by atoms with Crippen LogP contribution in [0.5, 0.6) is 0 Å². The van der Waals surface area contributed by atoms with Gasteiger partial charge < -0.3 is 0 Å². The summed E-state index contributed by atoms with van der Waals surface area (Å²) >= 11 is 9.63. The summed E-state index contributed by atoms with van der Waals surface area (Å²) in [5.74, 6) is 2.28. The van der Waals surface area contributed by atoms with Crippen molar-refractivity contribution in [2.45, 2.75) is 50.4 Å². The van der Waals surface area contributed by atoms with Crippen molar-refractivity contribution < 1.29 is 0 Å². The zero-order valence-electron chi connectivity index (χ0n) is 14.7. The lowest BCUT2D eigenvalue weighted by molar-refractivity contribution is 0.880. The lowest BCUT2D eigenvalue weighted by Gasteiger charge is -2.12. The highest BCUT2D eigenvalue weighted by Gasteiger charge is 2.05. The van der Waals surface area contributed by atoms with Crippen LogP contribution in [0, 0.1) is 0 Å². The summed E-state index contributed by atoms with van der Waals surface area (Å²) in [5.41, 5.74) is 1.36. The molecule has 134 valence electrons. The van der Waals surface area contributed by atoms with Crippen molar-refractivity contribution in [1.82, 2.24) is 0 Å². The Labute approximate surface area is 166 Å². The van der Waals surface area contributed by atoms with Gasteiger partial charge in [-0.2, -0.15) is 37.0 Å². The van der Waals surface area contributed by atoms with E-state index in [0.717, 1.165) is 23.0 Å². The minimum absolute atomic E-state index is 0.222. The predicted octanol–water partition coefficient (Wildman–Crippen LogP) is 7.16. The Morgan fingerprint density at radius 3 is 2.39 bits per heavy atom. The Morgan fingerprint density at radius 1 is 1.30 bits per heavy atom. The SMILES string of the molecule is C=N/C(=C\C=C/C)SSCCCC(=C)C(C)SCC.CC(S)S. The van der Waals surface area contributed by atoms with Crippen LogP contribution in [0.3, 0.4) is 0 Å². The molecular formula is C17H31NS5. The molecule has 0 amide bonds. The first kappa shape index (κ1) is 25.9. The topological polar surface area (TPSA) is 12.4 Å². The molecule has 0 aliphatic heterocycles. The predicted molar refractivity (Wildman–Crippen MR) is 126 cm³/mol. The molecule has 0 saturated heterocycles. The zero-order chi connectivity index (χ0) is 18.1. The molecule has 23 heavy (non-hydrogen) atoms. The first-order valence-electron chi connectivity index (χ1n) is 7.63. The Bertz CT molecular complexity index is 361. The van der Waals surface area contributed by atoms with Gasteiger partial charge in [-0.15, -0.1) is 0 Å². The van der Waals surface area contributed by atoms with Crippen molar-refractivity contribution in [3.63, 3.8) is 0 Å². The molecule has 0 bridgehead atoms. The fraction of sp³-hybridized carbons (Fsp3) is 0.588. The molecule has 1 atom stereocenters. The third-order valence-corrected chi connectivity index (χ3v) is 5.99. The first-order chi connectivity index (χ1) is 10.9. The van der Waals surface area contributed by atoms with E-state index in [4.69, 9.17) is 0 Å². The third-order valence-electron chi connectivity index (χ3n) is 2.45. The van der Waals surface area contributed by atoms with E-state index >= 15 is 0 Å². The minimum atomic E-state index is 0.222. The van der Waals surface area contributed by atoms with Crippen molar-refractivity contribution >= 4 is 65.3 Å². The first-order valence-corrected chi connectivity index (χ1v) is 12.0. The van der Waals surface area contributed by atoms with Gasteiger partial charge in [-0.25, -0.2) is 0 Å². The van der Waals surface area contributed by atoms with Gasteiger partial charge in [0.1, 0.15) is 5.03 Å². The van der Waals surface area contributed by atoms with Gasteiger partial charge in [-0.05, 0) is 63.0 Å². The fourth-order valence-corrected chi connectivity index (χ4v) is 4.11. The number of allylic oxidation sites excluding steroid dienone is 3. The molecule has 0 aliphatic carbocycles. The van der Waals surface area contributed by atoms with Crippen molar-refractivity contribution in [1.29, 1.82) is 0 Å². The van der Waals surface area contributed by atoms with Crippen LogP contribution in [0.4, 0.5) is 0 Å². The highest BCUT2D eigenvalue weighted by molar-refractivity contribution is 8.78. The van der Waals surface area contributed by atoms with Crippen LogP contribution in [0.15, 0.2) is 40.4 Å². The number of rotatable bonds is 11.